The number of thioether (sulfide) groups is 1. The van der Waals surface area contributed by atoms with Crippen molar-refractivity contribution in [1.82, 2.24) is 9.80 Å². The van der Waals surface area contributed by atoms with Crippen LogP contribution in [0.1, 0.15) is 43.0 Å². The number of rotatable bonds is 6. The number of likely N-dealkylation sites (tertiary alicyclic amines) is 1. The van der Waals surface area contributed by atoms with E-state index in [0.29, 0.717) is 31.8 Å². The zero-order chi connectivity index (χ0) is 20.9. The van der Waals surface area contributed by atoms with Crippen molar-refractivity contribution in [3.05, 3.63) is 29.8 Å². The number of piperidine rings is 1. The molecule has 158 valence electrons. The number of amides is 2. The lowest BCUT2D eigenvalue weighted by Gasteiger charge is -2.44. The van der Waals surface area contributed by atoms with Crippen LogP contribution in [0.2, 0.25) is 0 Å². The summed E-state index contributed by atoms with van der Waals surface area (Å²) in [4.78, 5) is 40.5. The Morgan fingerprint density at radius 1 is 1.07 bits per heavy atom. The highest BCUT2D eigenvalue weighted by Crippen LogP contribution is 2.44. The maximum absolute atomic E-state index is 13.1. The summed E-state index contributed by atoms with van der Waals surface area (Å²) in [6.07, 6.45) is 1.77. The van der Waals surface area contributed by atoms with Gasteiger partial charge in [0.2, 0.25) is 5.91 Å². The van der Waals surface area contributed by atoms with Gasteiger partial charge in [-0.1, -0.05) is 0 Å². The Labute approximate surface area is 175 Å². The first kappa shape index (κ1) is 21.5. The van der Waals surface area contributed by atoms with Crippen molar-refractivity contribution in [2.24, 2.45) is 0 Å². The van der Waals surface area contributed by atoms with Crippen molar-refractivity contribution in [3.8, 4) is 5.75 Å². The fraction of sp³-hybridized carbons (Fsp3) is 0.571. The molecule has 8 heteroatoms. The highest BCUT2D eigenvalue weighted by Gasteiger charge is 2.47. The van der Waals surface area contributed by atoms with Crippen molar-refractivity contribution in [3.63, 3.8) is 0 Å². The number of ether oxygens (including phenoxy) is 2. The molecule has 0 aromatic heterocycles. The first-order valence-electron chi connectivity index (χ1n) is 10.0. The second-order valence-electron chi connectivity index (χ2n) is 7.17. The van der Waals surface area contributed by atoms with Gasteiger partial charge in [-0.2, -0.15) is 0 Å². The molecule has 2 saturated heterocycles. The molecular weight excluding hydrogens is 392 g/mol. The standard InChI is InChI=1S/C21H28N2O5S/c1-3-28-19(25)9-8-18(24)22-12-10-21(11-13-22)23(14-15-29-21)20(26)16-4-6-17(27-2)7-5-16/h4-7H,3,8-15H2,1-2H3. The van der Waals surface area contributed by atoms with Crippen LogP contribution in [0.4, 0.5) is 0 Å². The molecule has 0 aliphatic carbocycles. The Morgan fingerprint density at radius 2 is 1.76 bits per heavy atom. The van der Waals surface area contributed by atoms with E-state index in [4.69, 9.17) is 9.47 Å². The van der Waals surface area contributed by atoms with Gasteiger partial charge in [0.25, 0.3) is 5.91 Å². The number of carbonyl (C=O) groups excluding carboxylic acids is 3. The highest BCUT2D eigenvalue weighted by molar-refractivity contribution is 8.00. The van der Waals surface area contributed by atoms with Gasteiger partial charge in [-0.15, -0.1) is 11.8 Å². The molecule has 2 heterocycles. The minimum absolute atomic E-state index is 0.0241. The molecule has 2 amide bonds. The Morgan fingerprint density at radius 3 is 2.38 bits per heavy atom. The van der Waals surface area contributed by atoms with E-state index in [0.717, 1.165) is 24.3 Å². The van der Waals surface area contributed by atoms with Gasteiger partial charge in [0.1, 0.15) is 5.75 Å². The Bertz CT molecular complexity index is 744. The zero-order valence-electron chi connectivity index (χ0n) is 17.0. The number of hydrogen-bond acceptors (Lipinski definition) is 6. The van der Waals surface area contributed by atoms with E-state index in [-0.39, 0.29) is 35.5 Å². The predicted molar refractivity (Wildman–Crippen MR) is 111 cm³/mol. The smallest absolute Gasteiger partial charge is 0.306 e. The topological polar surface area (TPSA) is 76.2 Å². The molecule has 3 rings (SSSR count). The monoisotopic (exact) mass is 420 g/mol. The molecule has 2 aliphatic rings. The van der Waals surface area contributed by atoms with E-state index >= 15 is 0 Å². The fourth-order valence-electron chi connectivity index (χ4n) is 3.90. The molecular formula is C21H28N2O5S. The van der Waals surface area contributed by atoms with E-state index < -0.39 is 0 Å². The maximum atomic E-state index is 13.1. The van der Waals surface area contributed by atoms with Crippen LogP contribution in [0.15, 0.2) is 24.3 Å². The number of methoxy groups -OCH3 is 1. The van der Waals surface area contributed by atoms with E-state index in [1.165, 1.54) is 0 Å². The molecule has 1 spiro atoms. The number of esters is 1. The molecule has 29 heavy (non-hydrogen) atoms. The minimum Gasteiger partial charge on any atom is -0.497 e. The van der Waals surface area contributed by atoms with Crippen LogP contribution in [-0.4, -0.2) is 71.6 Å². The van der Waals surface area contributed by atoms with Crippen LogP contribution < -0.4 is 4.74 Å². The largest absolute Gasteiger partial charge is 0.497 e. The van der Waals surface area contributed by atoms with Crippen molar-refractivity contribution in [2.45, 2.75) is 37.5 Å². The lowest BCUT2D eigenvalue weighted by Crippen LogP contribution is -2.53. The molecule has 0 atom stereocenters. The third kappa shape index (κ3) is 4.86. The molecule has 1 aromatic carbocycles. The predicted octanol–water partition coefficient (Wildman–Crippen LogP) is 2.55. The summed E-state index contributed by atoms with van der Waals surface area (Å²) >= 11 is 1.81. The number of hydrogen-bond donors (Lipinski definition) is 0. The third-order valence-corrected chi connectivity index (χ3v) is 7.06. The summed E-state index contributed by atoms with van der Waals surface area (Å²) in [5.41, 5.74) is 0.653. The first-order valence-corrected chi connectivity index (χ1v) is 11.0. The normalized spacial score (nSPS) is 18.0. The van der Waals surface area contributed by atoms with Crippen LogP contribution in [0.3, 0.4) is 0 Å². The Kier molecular flexibility index (Phi) is 7.05. The van der Waals surface area contributed by atoms with Gasteiger partial charge in [0.15, 0.2) is 0 Å². The van der Waals surface area contributed by atoms with Crippen LogP contribution in [0.25, 0.3) is 0 Å². The second kappa shape index (κ2) is 9.52. The summed E-state index contributed by atoms with van der Waals surface area (Å²) in [7, 11) is 1.60. The van der Waals surface area contributed by atoms with E-state index in [1.807, 2.05) is 16.7 Å². The van der Waals surface area contributed by atoms with Crippen LogP contribution in [0.5, 0.6) is 5.75 Å². The van der Waals surface area contributed by atoms with Gasteiger partial charge in [-0.05, 0) is 44.0 Å². The van der Waals surface area contributed by atoms with Gasteiger partial charge in [-0.3, -0.25) is 14.4 Å². The molecule has 0 bridgehead atoms. The summed E-state index contributed by atoms with van der Waals surface area (Å²) in [6.45, 7) is 3.99. The molecule has 0 saturated carbocycles. The minimum atomic E-state index is -0.336. The first-order chi connectivity index (χ1) is 14.0. The lowest BCUT2D eigenvalue weighted by atomic mass is 10.0. The quantitative estimate of drug-likeness (QED) is 0.659. The molecule has 0 radical (unpaired) electrons. The van der Waals surface area contributed by atoms with Gasteiger partial charge >= 0.3 is 5.97 Å². The second-order valence-corrected chi connectivity index (χ2v) is 8.62. The van der Waals surface area contributed by atoms with Crippen LogP contribution in [-0.2, 0) is 14.3 Å². The Hall–Kier alpha value is -2.22. The third-order valence-electron chi connectivity index (χ3n) is 5.51. The zero-order valence-corrected chi connectivity index (χ0v) is 17.8. The maximum Gasteiger partial charge on any atom is 0.306 e. The summed E-state index contributed by atoms with van der Waals surface area (Å²) in [6, 6.07) is 7.19. The van der Waals surface area contributed by atoms with E-state index in [2.05, 4.69) is 0 Å². The molecule has 2 aliphatic heterocycles. The SMILES string of the molecule is CCOC(=O)CCC(=O)N1CCC2(CC1)SCCN2C(=O)c1ccc(OC)cc1. The summed E-state index contributed by atoms with van der Waals surface area (Å²) in [5, 5.41) is 0. The summed E-state index contributed by atoms with van der Waals surface area (Å²) in [5.74, 6) is 1.29. The van der Waals surface area contributed by atoms with Crippen LogP contribution >= 0.6 is 11.8 Å². The lowest BCUT2D eigenvalue weighted by molar-refractivity contribution is -0.146. The van der Waals surface area contributed by atoms with E-state index in [9.17, 15) is 14.4 Å². The number of benzene rings is 1. The van der Waals surface area contributed by atoms with Crippen molar-refractivity contribution in [2.75, 3.05) is 39.1 Å². The molecule has 2 fully saturated rings. The average molecular weight is 421 g/mol. The van der Waals surface area contributed by atoms with Gasteiger partial charge in [0, 0.05) is 37.4 Å². The van der Waals surface area contributed by atoms with Gasteiger partial charge in [-0.25, -0.2) is 0 Å². The molecule has 0 N–H and O–H groups in total. The molecule has 7 nitrogen and oxygen atoms in total. The van der Waals surface area contributed by atoms with Gasteiger partial charge in [0.05, 0.1) is 25.0 Å². The van der Waals surface area contributed by atoms with Crippen LogP contribution in [0, 0.1) is 0 Å². The van der Waals surface area contributed by atoms with Crippen molar-refractivity contribution < 1.29 is 23.9 Å². The number of carbonyl (C=O) groups is 3. The van der Waals surface area contributed by atoms with Crippen molar-refractivity contribution in [1.29, 1.82) is 0 Å². The number of nitrogens with zero attached hydrogens (tertiary/aromatic N) is 2. The average Bonchev–Trinajstić information content (AvgIpc) is 3.15. The van der Waals surface area contributed by atoms with Gasteiger partial charge < -0.3 is 19.3 Å². The molecule has 1 aromatic rings. The van der Waals surface area contributed by atoms with Crippen molar-refractivity contribution >= 4 is 29.5 Å². The highest BCUT2D eigenvalue weighted by atomic mass is 32.2. The summed E-state index contributed by atoms with van der Waals surface area (Å²) < 4.78 is 10.1. The Balaban J connectivity index is 1.58. The molecule has 0 unspecified atom stereocenters. The van der Waals surface area contributed by atoms with E-state index in [1.54, 1.807) is 43.2 Å². The fourth-order valence-corrected chi connectivity index (χ4v) is 5.36.